The van der Waals surface area contributed by atoms with E-state index in [4.69, 9.17) is 5.73 Å². The van der Waals surface area contributed by atoms with Crippen LogP contribution in [0.2, 0.25) is 0 Å². The molecule has 1 aromatic carbocycles. The number of hydrogen-bond acceptors (Lipinski definition) is 5. The van der Waals surface area contributed by atoms with Crippen molar-refractivity contribution in [2.45, 2.75) is 25.1 Å². The van der Waals surface area contributed by atoms with Gasteiger partial charge in [0.2, 0.25) is 5.91 Å². The first-order valence-corrected chi connectivity index (χ1v) is 6.32. The third kappa shape index (κ3) is 1.92. The number of benzene rings is 1. The van der Waals surface area contributed by atoms with Crippen molar-refractivity contribution in [2.24, 2.45) is 0 Å². The quantitative estimate of drug-likeness (QED) is 0.621. The van der Waals surface area contributed by atoms with E-state index in [0.29, 0.717) is 29.3 Å². The zero-order chi connectivity index (χ0) is 14.3. The Kier molecular flexibility index (Phi) is 2.90. The number of carbonyl (C=O) groups is 1. The van der Waals surface area contributed by atoms with Crippen LogP contribution in [0.5, 0.6) is 0 Å². The zero-order valence-electron chi connectivity index (χ0n) is 10.6. The highest BCUT2D eigenvalue weighted by Crippen LogP contribution is 2.20. The fraction of sp³-hybridized carbons (Fsp3) is 0.308. The largest absolute Gasteiger partial charge is 0.398 e. The number of nitrogen functional groups attached to an aromatic ring is 1. The Morgan fingerprint density at radius 1 is 1.30 bits per heavy atom. The summed E-state index contributed by atoms with van der Waals surface area (Å²) in [4.78, 5) is 24.3. The van der Waals surface area contributed by atoms with Crippen LogP contribution in [0.25, 0.3) is 10.8 Å². The number of nitrogens with two attached hydrogens (primary N) is 1. The van der Waals surface area contributed by atoms with Gasteiger partial charge < -0.3 is 16.2 Å². The lowest BCUT2D eigenvalue weighted by Gasteiger charge is -2.26. The lowest BCUT2D eigenvalue weighted by Crippen LogP contribution is -2.47. The second kappa shape index (κ2) is 4.61. The number of anilines is 1. The summed E-state index contributed by atoms with van der Waals surface area (Å²) in [5.41, 5.74) is 5.92. The molecule has 2 unspecified atom stereocenters. The van der Waals surface area contributed by atoms with E-state index in [2.05, 4.69) is 10.4 Å². The highest BCUT2D eigenvalue weighted by Gasteiger charge is 2.29. The Hall–Kier alpha value is -2.41. The Bertz CT molecular complexity index is 740. The van der Waals surface area contributed by atoms with Crippen molar-refractivity contribution in [2.75, 3.05) is 5.73 Å². The monoisotopic (exact) mass is 274 g/mol. The minimum atomic E-state index is -0.856. The number of aromatic nitrogens is 2. The highest BCUT2D eigenvalue weighted by atomic mass is 16.3. The smallest absolute Gasteiger partial charge is 0.275 e. The molecule has 1 fully saturated rings. The molecule has 7 heteroatoms. The van der Waals surface area contributed by atoms with E-state index in [1.165, 1.54) is 6.20 Å². The van der Waals surface area contributed by atoms with Crippen LogP contribution in [0, 0.1) is 0 Å². The molecule has 0 saturated carbocycles. The molecule has 4 N–H and O–H groups in total. The minimum absolute atomic E-state index is 0.355. The van der Waals surface area contributed by atoms with Gasteiger partial charge in [0, 0.05) is 11.1 Å². The highest BCUT2D eigenvalue weighted by molar-refractivity contribution is 5.91. The molecule has 0 bridgehead atoms. The SMILES string of the molecule is Nc1cccc2c(=O)n(C3CCC(O)NC3=O)ncc12. The summed E-state index contributed by atoms with van der Waals surface area (Å²) in [5, 5.41) is 16.8. The van der Waals surface area contributed by atoms with Gasteiger partial charge in [-0.15, -0.1) is 0 Å². The molecule has 2 heterocycles. The minimum Gasteiger partial charge on any atom is -0.398 e. The lowest BCUT2D eigenvalue weighted by molar-refractivity contribution is -0.131. The number of nitrogens with zero attached hydrogens (tertiary/aromatic N) is 2. The van der Waals surface area contributed by atoms with Crippen LogP contribution < -0.4 is 16.6 Å². The van der Waals surface area contributed by atoms with Crippen molar-refractivity contribution >= 4 is 22.4 Å². The van der Waals surface area contributed by atoms with E-state index in [9.17, 15) is 14.7 Å². The molecule has 1 aliphatic heterocycles. The third-order valence-corrected chi connectivity index (χ3v) is 3.51. The number of aliphatic hydroxyl groups excluding tert-OH is 1. The number of aliphatic hydroxyl groups is 1. The first kappa shape index (κ1) is 12.6. The molecule has 0 aliphatic carbocycles. The van der Waals surface area contributed by atoms with Crippen LogP contribution in [0.4, 0.5) is 5.69 Å². The summed E-state index contributed by atoms with van der Waals surface area (Å²) in [6.07, 6.45) is 1.39. The summed E-state index contributed by atoms with van der Waals surface area (Å²) in [7, 11) is 0. The predicted molar refractivity (Wildman–Crippen MR) is 72.8 cm³/mol. The number of nitrogens with one attached hydrogen (secondary N) is 1. The van der Waals surface area contributed by atoms with Crippen LogP contribution in [0.15, 0.2) is 29.2 Å². The average Bonchev–Trinajstić information content (AvgIpc) is 2.41. The first-order chi connectivity index (χ1) is 9.58. The van der Waals surface area contributed by atoms with Gasteiger partial charge in [0.25, 0.3) is 5.56 Å². The van der Waals surface area contributed by atoms with Gasteiger partial charge in [-0.05, 0) is 25.0 Å². The Balaban J connectivity index is 2.12. The molecular weight excluding hydrogens is 260 g/mol. The summed E-state index contributed by atoms with van der Waals surface area (Å²) >= 11 is 0. The van der Waals surface area contributed by atoms with E-state index in [1.54, 1.807) is 18.2 Å². The lowest BCUT2D eigenvalue weighted by atomic mass is 10.1. The van der Waals surface area contributed by atoms with Crippen LogP contribution in [0.3, 0.4) is 0 Å². The van der Waals surface area contributed by atoms with E-state index in [-0.39, 0.29) is 5.56 Å². The number of piperidine rings is 1. The maximum absolute atomic E-state index is 12.4. The van der Waals surface area contributed by atoms with Gasteiger partial charge in [-0.1, -0.05) is 6.07 Å². The fourth-order valence-corrected chi connectivity index (χ4v) is 2.44. The van der Waals surface area contributed by atoms with Gasteiger partial charge in [-0.25, -0.2) is 4.68 Å². The standard InChI is InChI=1S/C13H14N4O3/c14-9-3-1-2-7-8(9)6-15-17(13(7)20)10-4-5-11(18)16-12(10)19/h1-3,6,10-11,18H,4-5,14H2,(H,16,19). The van der Waals surface area contributed by atoms with Gasteiger partial charge >= 0.3 is 0 Å². The Morgan fingerprint density at radius 3 is 2.85 bits per heavy atom. The van der Waals surface area contributed by atoms with Crippen LogP contribution in [-0.4, -0.2) is 27.0 Å². The second-order valence-electron chi connectivity index (χ2n) is 4.82. The molecule has 2 atom stereocenters. The summed E-state index contributed by atoms with van der Waals surface area (Å²) in [5.74, 6) is -0.401. The second-order valence-corrected chi connectivity index (χ2v) is 4.82. The normalized spacial score (nSPS) is 22.8. The third-order valence-electron chi connectivity index (χ3n) is 3.51. The molecule has 7 nitrogen and oxygen atoms in total. The molecule has 104 valence electrons. The molecule has 0 radical (unpaired) electrons. The van der Waals surface area contributed by atoms with Crippen molar-refractivity contribution in [1.82, 2.24) is 15.1 Å². The fourth-order valence-electron chi connectivity index (χ4n) is 2.44. The molecule has 0 spiro atoms. The summed E-state index contributed by atoms with van der Waals surface area (Å²) in [6, 6.07) is 4.34. The predicted octanol–water partition coefficient (Wildman–Crippen LogP) is -0.252. The molecule has 1 amide bonds. The Labute approximate surface area is 114 Å². The maximum atomic E-state index is 12.4. The van der Waals surface area contributed by atoms with E-state index < -0.39 is 18.2 Å². The number of amides is 1. The van der Waals surface area contributed by atoms with E-state index in [1.807, 2.05) is 0 Å². The van der Waals surface area contributed by atoms with Crippen molar-refractivity contribution in [3.05, 3.63) is 34.7 Å². The van der Waals surface area contributed by atoms with Gasteiger partial charge in [0.1, 0.15) is 12.3 Å². The summed E-state index contributed by atoms with van der Waals surface area (Å²) < 4.78 is 1.16. The van der Waals surface area contributed by atoms with Crippen molar-refractivity contribution < 1.29 is 9.90 Å². The molecule has 1 aromatic heterocycles. The maximum Gasteiger partial charge on any atom is 0.275 e. The number of hydrogen-bond donors (Lipinski definition) is 3. The molecular formula is C13H14N4O3. The molecule has 3 rings (SSSR count). The van der Waals surface area contributed by atoms with E-state index >= 15 is 0 Å². The van der Waals surface area contributed by atoms with Crippen LogP contribution in [-0.2, 0) is 4.79 Å². The Morgan fingerprint density at radius 2 is 2.10 bits per heavy atom. The molecule has 20 heavy (non-hydrogen) atoms. The first-order valence-electron chi connectivity index (χ1n) is 6.32. The van der Waals surface area contributed by atoms with Gasteiger partial charge in [-0.2, -0.15) is 5.10 Å². The molecule has 2 aromatic rings. The van der Waals surface area contributed by atoms with Crippen molar-refractivity contribution in [1.29, 1.82) is 0 Å². The van der Waals surface area contributed by atoms with Crippen molar-refractivity contribution in [3.8, 4) is 0 Å². The number of rotatable bonds is 1. The number of carbonyl (C=O) groups excluding carboxylic acids is 1. The molecule has 1 saturated heterocycles. The summed E-state index contributed by atoms with van der Waals surface area (Å²) in [6.45, 7) is 0. The van der Waals surface area contributed by atoms with Gasteiger partial charge in [0.15, 0.2) is 0 Å². The van der Waals surface area contributed by atoms with Crippen LogP contribution in [0.1, 0.15) is 18.9 Å². The number of fused-ring (bicyclic) bond motifs is 1. The van der Waals surface area contributed by atoms with Gasteiger partial charge in [-0.3, -0.25) is 9.59 Å². The average molecular weight is 274 g/mol. The van der Waals surface area contributed by atoms with Gasteiger partial charge in [0.05, 0.1) is 11.6 Å². The zero-order valence-corrected chi connectivity index (χ0v) is 10.6. The van der Waals surface area contributed by atoms with E-state index in [0.717, 1.165) is 4.68 Å². The molecule has 1 aliphatic rings. The van der Waals surface area contributed by atoms with Crippen LogP contribution >= 0.6 is 0 Å². The van der Waals surface area contributed by atoms with Crippen molar-refractivity contribution in [3.63, 3.8) is 0 Å². The topological polar surface area (TPSA) is 110 Å².